The highest BCUT2D eigenvalue weighted by molar-refractivity contribution is 5.75. The van der Waals surface area contributed by atoms with Gasteiger partial charge in [-0.1, -0.05) is 19.3 Å². The normalized spacial score (nSPS) is 21.9. The van der Waals surface area contributed by atoms with Gasteiger partial charge in [0, 0.05) is 43.5 Å². The molecule has 20 heavy (non-hydrogen) atoms. The third-order valence-electron chi connectivity index (χ3n) is 4.80. The molecular formula is C17H24N2O. The minimum atomic E-state index is 0.759. The molecular weight excluding hydrogens is 248 g/mol. The molecule has 3 heteroatoms. The number of rotatable bonds is 3. The van der Waals surface area contributed by atoms with E-state index in [1.165, 1.54) is 50.9 Å². The molecule has 1 aromatic carbocycles. The zero-order chi connectivity index (χ0) is 13.8. The molecule has 0 spiro atoms. The van der Waals surface area contributed by atoms with Gasteiger partial charge in [0.2, 0.25) is 0 Å². The van der Waals surface area contributed by atoms with Crippen LogP contribution in [-0.4, -0.2) is 43.4 Å². The topological polar surface area (TPSA) is 23.6 Å². The molecule has 1 aliphatic heterocycles. The molecule has 1 saturated heterocycles. The Labute approximate surface area is 121 Å². The second-order valence-corrected chi connectivity index (χ2v) is 6.02. The maximum absolute atomic E-state index is 10.7. The number of piperazine rings is 1. The summed E-state index contributed by atoms with van der Waals surface area (Å²) in [5.74, 6) is 0. The summed E-state index contributed by atoms with van der Waals surface area (Å²) in [5, 5.41) is 0. The second-order valence-electron chi connectivity index (χ2n) is 6.02. The highest BCUT2D eigenvalue weighted by Crippen LogP contribution is 2.25. The summed E-state index contributed by atoms with van der Waals surface area (Å²) in [7, 11) is 0. The van der Waals surface area contributed by atoms with Gasteiger partial charge in [0.15, 0.2) is 0 Å². The van der Waals surface area contributed by atoms with Crippen molar-refractivity contribution in [3.05, 3.63) is 29.8 Å². The van der Waals surface area contributed by atoms with Crippen LogP contribution in [0.15, 0.2) is 24.3 Å². The van der Waals surface area contributed by atoms with Crippen LogP contribution in [0.5, 0.6) is 0 Å². The number of benzene rings is 1. The van der Waals surface area contributed by atoms with E-state index >= 15 is 0 Å². The molecule has 1 saturated carbocycles. The van der Waals surface area contributed by atoms with Crippen LogP contribution in [0, 0.1) is 0 Å². The van der Waals surface area contributed by atoms with Crippen molar-refractivity contribution in [3.63, 3.8) is 0 Å². The summed E-state index contributed by atoms with van der Waals surface area (Å²) < 4.78 is 0. The van der Waals surface area contributed by atoms with E-state index in [0.717, 1.165) is 31.0 Å². The van der Waals surface area contributed by atoms with Gasteiger partial charge in [-0.2, -0.15) is 0 Å². The predicted octanol–water partition coefficient (Wildman–Crippen LogP) is 2.95. The number of carbonyl (C=O) groups excluding carboxylic acids is 1. The Bertz CT molecular complexity index is 429. The maximum atomic E-state index is 10.7. The first-order valence-electron chi connectivity index (χ1n) is 7.91. The van der Waals surface area contributed by atoms with Crippen LogP contribution < -0.4 is 4.90 Å². The number of aldehydes is 1. The highest BCUT2D eigenvalue weighted by atomic mass is 16.1. The van der Waals surface area contributed by atoms with E-state index < -0.39 is 0 Å². The lowest BCUT2D eigenvalue weighted by Gasteiger charge is -2.41. The lowest BCUT2D eigenvalue weighted by molar-refractivity contribution is 0.112. The van der Waals surface area contributed by atoms with Crippen LogP contribution in [0.1, 0.15) is 42.5 Å². The van der Waals surface area contributed by atoms with Crippen molar-refractivity contribution >= 4 is 12.0 Å². The van der Waals surface area contributed by atoms with Crippen LogP contribution in [0.4, 0.5) is 5.69 Å². The molecule has 108 valence electrons. The Morgan fingerprint density at radius 2 is 1.55 bits per heavy atom. The lowest BCUT2D eigenvalue weighted by Crippen LogP contribution is -2.50. The summed E-state index contributed by atoms with van der Waals surface area (Å²) >= 11 is 0. The van der Waals surface area contributed by atoms with Crippen molar-refractivity contribution in [3.8, 4) is 0 Å². The summed E-state index contributed by atoms with van der Waals surface area (Å²) in [6.07, 6.45) is 7.96. The van der Waals surface area contributed by atoms with Gasteiger partial charge in [-0.05, 0) is 37.1 Å². The van der Waals surface area contributed by atoms with Crippen molar-refractivity contribution in [2.24, 2.45) is 0 Å². The van der Waals surface area contributed by atoms with Crippen LogP contribution in [0.25, 0.3) is 0 Å². The van der Waals surface area contributed by atoms with Crippen LogP contribution in [0.3, 0.4) is 0 Å². The predicted molar refractivity (Wildman–Crippen MR) is 82.5 cm³/mol. The third-order valence-corrected chi connectivity index (χ3v) is 4.80. The summed E-state index contributed by atoms with van der Waals surface area (Å²) in [5.41, 5.74) is 2.01. The number of anilines is 1. The van der Waals surface area contributed by atoms with E-state index in [4.69, 9.17) is 0 Å². The lowest BCUT2D eigenvalue weighted by atomic mass is 9.94. The van der Waals surface area contributed by atoms with Gasteiger partial charge in [-0.15, -0.1) is 0 Å². The Balaban J connectivity index is 1.55. The Morgan fingerprint density at radius 1 is 0.900 bits per heavy atom. The zero-order valence-corrected chi connectivity index (χ0v) is 12.1. The molecule has 0 radical (unpaired) electrons. The standard InChI is InChI=1S/C17H24N2O/c20-14-15-6-8-17(9-7-15)19-12-10-18(11-13-19)16-4-2-1-3-5-16/h6-9,14,16H,1-5,10-13H2. The summed E-state index contributed by atoms with van der Waals surface area (Å²) in [4.78, 5) is 15.8. The SMILES string of the molecule is O=Cc1ccc(N2CCN(C3CCCCC3)CC2)cc1. The van der Waals surface area contributed by atoms with Crippen molar-refractivity contribution in [1.29, 1.82) is 0 Å². The molecule has 0 amide bonds. The third kappa shape index (κ3) is 3.04. The molecule has 0 N–H and O–H groups in total. The van der Waals surface area contributed by atoms with E-state index in [0.29, 0.717) is 0 Å². The summed E-state index contributed by atoms with van der Waals surface area (Å²) in [6, 6.07) is 8.80. The van der Waals surface area contributed by atoms with Gasteiger partial charge in [0.05, 0.1) is 0 Å². The average Bonchev–Trinajstić information content (AvgIpc) is 2.56. The van der Waals surface area contributed by atoms with E-state index in [9.17, 15) is 4.79 Å². The smallest absolute Gasteiger partial charge is 0.150 e. The summed E-state index contributed by atoms with van der Waals surface area (Å²) in [6.45, 7) is 4.58. The van der Waals surface area contributed by atoms with Gasteiger partial charge in [-0.3, -0.25) is 9.69 Å². The molecule has 2 fully saturated rings. The first-order valence-corrected chi connectivity index (χ1v) is 7.91. The molecule has 3 nitrogen and oxygen atoms in total. The van der Waals surface area contributed by atoms with E-state index in [2.05, 4.69) is 21.9 Å². The fraction of sp³-hybridized carbons (Fsp3) is 0.588. The van der Waals surface area contributed by atoms with Crippen molar-refractivity contribution in [2.75, 3.05) is 31.1 Å². The molecule has 0 atom stereocenters. The highest BCUT2D eigenvalue weighted by Gasteiger charge is 2.25. The van der Waals surface area contributed by atoms with Crippen molar-refractivity contribution in [1.82, 2.24) is 4.90 Å². The number of hydrogen-bond donors (Lipinski definition) is 0. The van der Waals surface area contributed by atoms with Crippen LogP contribution >= 0.6 is 0 Å². The first kappa shape index (κ1) is 13.6. The second kappa shape index (κ2) is 6.40. The monoisotopic (exact) mass is 272 g/mol. The number of hydrogen-bond acceptors (Lipinski definition) is 3. The average molecular weight is 272 g/mol. The van der Waals surface area contributed by atoms with Gasteiger partial charge >= 0.3 is 0 Å². The van der Waals surface area contributed by atoms with E-state index in [-0.39, 0.29) is 0 Å². The van der Waals surface area contributed by atoms with Gasteiger partial charge < -0.3 is 4.90 Å². The molecule has 1 aromatic rings. The molecule has 1 aliphatic carbocycles. The Kier molecular flexibility index (Phi) is 4.36. The van der Waals surface area contributed by atoms with Crippen LogP contribution in [-0.2, 0) is 0 Å². The van der Waals surface area contributed by atoms with E-state index in [1.54, 1.807) is 0 Å². The Hall–Kier alpha value is -1.35. The van der Waals surface area contributed by atoms with Gasteiger partial charge in [-0.25, -0.2) is 0 Å². The Morgan fingerprint density at radius 3 is 2.15 bits per heavy atom. The minimum absolute atomic E-state index is 0.759. The first-order chi connectivity index (χ1) is 9.86. The fourth-order valence-corrected chi connectivity index (χ4v) is 3.56. The molecule has 0 bridgehead atoms. The molecule has 0 unspecified atom stereocenters. The van der Waals surface area contributed by atoms with Crippen molar-refractivity contribution < 1.29 is 4.79 Å². The fourth-order valence-electron chi connectivity index (χ4n) is 3.56. The molecule has 3 rings (SSSR count). The number of carbonyl (C=O) groups is 1. The van der Waals surface area contributed by atoms with E-state index in [1.807, 2.05) is 12.1 Å². The maximum Gasteiger partial charge on any atom is 0.150 e. The minimum Gasteiger partial charge on any atom is -0.369 e. The largest absolute Gasteiger partial charge is 0.369 e. The van der Waals surface area contributed by atoms with Crippen molar-refractivity contribution in [2.45, 2.75) is 38.1 Å². The molecule has 1 heterocycles. The number of nitrogens with zero attached hydrogens (tertiary/aromatic N) is 2. The van der Waals surface area contributed by atoms with Gasteiger partial charge in [0.1, 0.15) is 6.29 Å². The molecule has 0 aromatic heterocycles. The molecule has 2 aliphatic rings. The quantitative estimate of drug-likeness (QED) is 0.790. The van der Waals surface area contributed by atoms with Crippen LogP contribution in [0.2, 0.25) is 0 Å². The zero-order valence-electron chi connectivity index (χ0n) is 12.1. The van der Waals surface area contributed by atoms with Gasteiger partial charge in [0.25, 0.3) is 0 Å².